The molecule has 0 saturated heterocycles. The topological polar surface area (TPSA) is 50.4 Å². The second kappa shape index (κ2) is 4.11. The highest BCUT2D eigenvalue weighted by molar-refractivity contribution is 5.78. The minimum Gasteiger partial charge on any atom is -0.370 e. The van der Waals surface area contributed by atoms with Crippen molar-refractivity contribution in [2.45, 2.75) is 51.1 Å². The molecule has 14 heavy (non-hydrogen) atoms. The predicted molar refractivity (Wildman–Crippen MR) is 52.5 cm³/mol. The third-order valence-corrected chi connectivity index (χ3v) is 2.21. The Morgan fingerprint density at radius 1 is 1.57 bits per heavy atom. The van der Waals surface area contributed by atoms with Gasteiger partial charge in [-0.1, -0.05) is 0 Å². The Morgan fingerprint density at radius 2 is 2.21 bits per heavy atom. The summed E-state index contributed by atoms with van der Waals surface area (Å²) in [6.07, 6.45) is 0.875. The lowest BCUT2D eigenvalue weighted by Crippen LogP contribution is -2.39. The molecule has 1 aliphatic rings. The number of hydrogen-bond donors (Lipinski definition) is 2. The summed E-state index contributed by atoms with van der Waals surface area (Å²) in [5, 5.41) is 2.80. The van der Waals surface area contributed by atoms with Crippen molar-refractivity contribution in [3.8, 4) is 0 Å². The van der Waals surface area contributed by atoms with Crippen molar-refractivity contribution in [3.63, 3.8) is 0 Å². The summed E-state index contributed by atoms with van der Waals surface area (Å²) in [5.74, 6) is -2.56. The molecule has 0 aliphatic heterocycles. The standard InChI is InChI=1S/C9H17F2N3/c1-6(2)13-8(12)14-7-4-3-5-9(7,10)11/h6-7H,3-5H2,1-2H3,(H3,12,13,14). The van der Waals surface area contributed by atoms with E-state index in [2.05, 4.69) is 10.3 Å². The molecule has 0 aromatic rings. The van der Waals surface area contributed by atoms with Crippen molar-refractivity contribution < 1.29 is 8.78 Å². The molecule has 1 fully saturated rings. The molecule has 0 radical (unpaired) electrons. The highest BCUT2D eigenvalue weighted by Crippen LogP contribution is 2.37. The molecule has 0 heterocycles. The molecule has 0 spiro atoms. The number of aliphatic imine (C=N–C) groups is 1. The second-order valence-corrected chi connectivity index (χ2v) is 3.98. The van der Waals surface area contributed by atoms with Gasteiger partial charge in [-0.3, -0.25) is 0 Å². The van der Waals surface area contributed by atoms with E-state index in [1.165, 1.54) is 0 Å². The number of rotatable bonds is 2. The maximum absolute atomic E-state index is 13.1. The largest absolute Gasteiger partial charge is 0.370 e. The summed E-state index contributed by atoms with van der Waals surface area (Å²) in [6.45, 7) is 3.77. The van der Waals surface area contributed by atoms with Crippen molar-refractivity contribution in [3.05, 3.63) is 0 Å². The van der Waals surface area contributed by atoms with E-state index in [9.17, 15) is 8.78 Å². The number of nitrogens with one attached hydrogen (secondary N) is 1. The van der Waals surface area contributed by atoms with Gasteiger partial charge < -0.3 is 11.1 Å². The quantitative estimate of drug-likeness (QED) is 0.530. The van der Waals surface area contributed by atoms with Gasteiger partial charge in [-0.2, -0.15) is 0 Å². The average molecular weight is 205 g/mol. The van der Waals surface area contributed by atoms with Gasteiger partial charge >= 0.3 is 0 Å². The summed E-state index contributed by atoms with van der Waals surface area (Å²) in [5.41, 5.74) is 5.48. The van der Waals surface area contributed by atoms with E-state index < -0.39 is 12.0 Å². The van der Waals surface area contributed by atoms with Crippen molar-refractivity contribution in [2.24, 2.45) is 10.7 Å². The zero-order chi connectivity index (χ0) is 10.8. The van der Waals surface area contributed by atoms with Gasteiger partial charge in [0.05, 0.1) is 0 Å². The van der Waals surface area contributed by atoms with Crippen molar-refractivity contribution >= 4 is 5.96 Å². The Hall–Kier alpha value is -0.870. The molecule has 3 nitrogen and oxygen atoms in total. The Labute approximate surface area is 82.8 Å². The van der Waals surface area contributed by atoms with Gasteiger partial charge in [0.25, 0.3) is 5.92 Å². The third kappa shape index (κ3) is 2.82. The van der Waals surface area contributed by atoms with Crippen LogP contribution in [0.25, 0.3) is 0 Å². The molecule has 3 N–H and O–H groups in total. The number of guanidine groups is 1. The second-order valence-electron chi connectivity index (χ2n) is 3.98. The van der Waals surface area contributed by atoms with Crippen LogP contribution in [-0.2, 0) is 0 Å². The van der Waals surface area contributed by atoms with Crippen LogP contribution in [0.2, 0.25) is 0 Å². The van der Waals surface area contributed by atoms with E-state index in [0.717, 1.165) is 0 Å². The molecular formula is C9H17F2N3. The van der Waals surface area contributed by atoms with Gasteiger partial charge in [-0.05, 0) is 26.7 Å². The van der Waals surface area contributed by atoms with Gasteiger partial charge in [-0.25, -0.2) is 13.8 Å². The molecule has 1 rings (SSSR count). The van der Waals surface area contributed by atoms with Gasteiger partial charge in [0.2, 0.25) is 0 Å². The van der Waals surface area contributed by atoms with E-state index in [4.69, 9.17) is 5.73 Å². The number of nitrogens with zero attached hydrogens (tertiary/aromatic N) is 1. The first-order valence-corrected chi connectivity index (χ1v) is 4.89. The molecule has 1 saturated carbocycles. The zero-order valence-electron chi connectivity index (χ0n) is 8.56. The first kappa shape index (κ1) is 11.2. The summed E-state index contributed by atoms with van der Waals surface area (Å²) >= 11 is 0. The van der Waals surface area contributed by atoms with Crippen LogP contribution in [0.4, 0.5) is 8.78 Å². The molecule has 0 aromatic carbocycles. The van der Waals surface area contributed by atoms with Gasteiger partial charge in [0, 0.05) is 12.5 Å². The lowest BCUT2D eigenvalue weighted by Gasteiger charge is -2.16. The van der Waals surface area contributed by atoms with Crippen LogP contribution >= 0.6 is 0 Å². The number of alkyl halides is 2. The van der Waals surface area contributed by atoms with E-state index in [0.29, 0.717) is 12.8 Å². The highest BCUT2D eigenvalue weighted by atomic mass is 19.3. The van der Waals surface area contributed by atoms with Gasteiger partial charge in [0.1, 0.15) is 6.04 Å². The Morgan fingerprint density at radius 3 is 2.64 bits per heavy atom. The molecule has 1 aliphatic carbocycles. The van der Waals surface area contributed by atoms with Crippen LogP contribution in [0.1, 0.15) is 33.1 Å². The smallest absolute Gasteiger partial charge is 0.270 e. The summed E-state index contributed by atoms with van der Waals surface area (Å²) in [4.78, 5) is 3.80. The number of halogens is 2. The minimum atomic E-state index is -2.68. The third-order valence-electron chi connectivity index (χ3n) is 2.21. The molecule has 1 unspecified atom stereocenters. The minimum absolute atomic E-state index is 0.0733. The molecule has 0 bridgehead atoms. The summed E-state index contributed by atoms with van der Waals surface area (Å²) < 4.78 is 26.2. The zero-order valence-corrected chi connectivity index (χ0v) is 8.56. The summed E-state index contributed by atoms with van der Waals surface area (Å²) in [6, 6.07) is -0.817. The fraction of sp³-hybridized carbons (Fsp3) is 0.889. The van der Waals surface area contributed by atoms with Gasteiger partial charge in [-0.15, -0.1) is 0 Å². The first-order valence-electron chi connectivity index (χ1n) is 4.89. The normalized spacial score (nSPS) is 26.9. The van der Waals surface area contributed by atoms with Crippen molar-refractivity contribution in [2.75, 3.05) is 0 Å². The SMILES string of the molecule is CC(C)NC(N)=NC1CCCC1(F)F. The molecule has 82 valence electrons. The Balaban J connectivity index is 2.57. The number of hydrogen-bond acceptors (Lipinski definition) is 1. The van der Waals surface area contributed by atoms with Crippen LogP contribution < -0.4 is 11.1 Å². The van der Waals surface area contributed by atoms with Crippen LogP contribution in [0.3, 0.4) is 0 Å². The molecule has 0 aromatic heterocycles. The summed E-state index contributed by atoms with van der Waals surface area (Å²) in [7, 11) is 0. The first-order chi connectivity index (χ1) is 6.42. The van der Waals surface area contributed by atoms with Crippen LogP contribution in [0, 0.1) is 0 Å². The van der Waals surface area contributed by atoms with Crippen LogP contribution in [0.5, 0.6) is 0 Å². The number of nitrogens with two attached hydrogens (primary N) is 1. The Kier molecular flexibility index (Phi) is 3.29. The molecule has 1 atom stereocenters. The average Bonchev–Trinajstić information content (AvgIpc) is 2.29. The maximum Gasteiger partial charge on any atom is 0.270 e. The highest BCUT2D eigenvalue weighted by Gasteiger charge is 2.43. The fourth-order valence-corrected chi connectivity index (χ4v) is 1.57. The fourth-order valence-electron chi connectivity index (χ4n) is 1.57. The predicted octanol–water partition coefficient (Wildman–Crippen LogP) is 1.49. The van der Waals surface area contributed by atoms with Crippen molar-refractivity contribution in [1.82, 2.24) is 5.32 Å². The lowest BCUT2D eigenvalue weighted by molar-refractivity contribution is -0.00582. The van der Waals surface area contributed by atoms with E-state index in [-0.39, 0.29) is 18.4 Å². The molecular weight excluding hydrogens is 188 g/mol. The molecule has 0 amide bonds. The van der Waals surface area contributed by atoms with E-state index in [1.807, 2.05) is 13.8 Å². The molecule has 5 heteroatoms. The van der Waals surface area contributed by atoms with E-state index in [1.54, 1.807) is 0 Å². The Bertz CT molecular complexity index is 226. The maximum atomic E-state index is 13.1. The van der Waals surface area contributed by atoms with Crippen molar-refractivity contribution in [1.29, 1.82) is 0 Å². The van der Waals surface area contributed by atoms with Gasteiger partial charge in [0.15, 0.2) is 5.96 Å². The van der Waals surface area contributed by atoms with E-state index >= 15 is 0 Å². The van der Waals surface area contributed by atoms with Crippen LogP contribution in [-0.4, -0.2) is 24.0 Å². The monoisotopic (exact) mass is 205 g/mol. The lowest BCUT2D eigenvalue weighted by atomic mass is 10.2. The van der Waals surface area contributed by atoms with Crippen LogP contribution in [0.15, 0.2) is 4.99 Å².